The predicted molar refractivity (Wildman–Crippen MR) is 42.1 cm³/mol. The van der Waals surface area contributed by atoms with Crippen molar-refractivity contribution in [3.8, 4) is 0 Å². The normalized spacial score (nSPS) is 53.6. The van der Waals surface area contributed by atoms with E-state index in [2.05, 4.69) is 0 Å². The number of carbonyl (C=O) groups excluding carboxylic acids is 1. The number of rotatable bonds is 0. The third kappa shape index (κ3) is 0.743. The van der Waals surface area contributed by atoms with Crippen molar-refractivity contribution in [2.75, 3.05) is 0 Å². The van der Waals surface area contributed by atoms with Crippen molar-refractivity contribution < 1.29 is 4.79 Å². The number of carbonyl (C=O) groups is 1. The first kappa shape index (κ1) is 6.22. The van der Waals surface area contributed by atoms with Gasteiger partial charge in [0.25, 0.3) is 0 Å². The van der Waals surface area contributed by atoms with Gasteiger partial charge in [-0.1, -0.05) is 0 Å². The lowest BCUT2D eigenvalue weighted by atomic mass is 9.72. The molecule has 0 aromatic rings. The van der Waals surface area contributed by atoms with Crippen molar-refractivity contribution >= 4 is 5.78 Å². The molecule has 0 amide bonds. The van der Waals surface area contributed by atoms with Crippen LogP contribution in [-0.4, -0.2) is 5.78 Å². The van der Waals surface area contributed by atoms with E-state index in [0.29, 0.717) is 11.7 Å². The van der Waals surface area contributed by atoms with Gasteiger partial charge >= 0.3 is 0 Å². The quantitative estimate of drug-likeness (QED) is 0.516. The molecule has 0 aromatic heterocycles. The first-order chi connectivity index (χ1) is 5.33. The van der Waals surface area contributed by atoms with Crippen molar-refractivity contribution in [2.45, 2.75) is 32.1 Å². The largest absolute Gasteiger partial charge is 0.299 e. The standard InChI is InChI=1S/C10H14O/c11-10-5-7-1-6-2-8(3-7)9(10)4-6/h6-9H,1-5H2/t6-,7-,8+,9-/m1/s1. The first-order valence-electron chi connectivity index (χ1n) is 4.85. The smallest absolute Gasteiger partial charge is 0.136 e. The van der Waals surface area contributed by atoms with E-state index in [1.165, 1.54) is 25.7 Å². The Kier molecular flexibility index (Phi) is 1.06. The van der Waals surface area contributed by atoms with Crippen molar-refractivity contribution in [1.82, 2.24) is 0 Å². The monoisotopic (exact) mass is 150 g/mol. The predicted octanol–water partition coefficient (Wildman–Crippen LogP) is 2.01. The molecule has 3 bridgehead atoms. The SMILES string of the molecule is O=C1C[C@@H]2C[C@@H]3C[C@@H](C2)[C@H]1C3. The summed E-state index contributed by atoms with van der Waals surface area (Å²) in [6.07, 6.45) is 6.32. The number of fused-ring (bicyclic) bond motifs is 2. The second-order valence-corrected chi connectivity index (χ2v) is 4.71. The Morgan fingerprint density at radius 3 is 2.73 bits per heavy atom. The molecule has 3 aliphatic rings. The topological polar surface area (TPSA) is 17.1 Å². The van der Waals surface area contributed by atoms with Gasteiger partial charge in [0.05, 0.1) is 0 Å². The molecule has 3 saturated carbocycles. The summed E-state index contributed by atoms with van der Waals surface area (Å²) in [5.74, 6) is 3.67. The zero-order valence-corrected chi connectivity index (χ0v) is 6.75. The maximum Gasteiger partial charge on any atom is 0.136 e. The van der Waals surface area contributed by atoms with Gasteiger partial charge in [-0.3, -0.25) is 4.79 Å². The summed E-state index contributed by atoms with van der Waals surface area (Å²) in [6.45, 7) is 0. The number of hydrogen-bond donors (Lipinski definition) is 0. The number of hydrogen-bond acceptors (Lipinski definition) is 1. The van der Waals surface area contributed by atoms with Gasteiger partial charge in [0.15, 0.2) is 0 Å². The lowest BCUT2D eigenvalue weighted by Gasteiger charge is -2.32. The van der Waals surface area contributed by atoms with Crippen LogP contribution in [0, 0.1) is 23.7 Å². The van der Waals surface area contributed by atoms with Crippen LogP contribution in [0.5, 0.6) is 0 Å². The summed E-state index contributed by atoms with van der Waals surface area (Å²) in [5, 5.41) is 0. The summed E-state index contributed by atoms with van der Waals surface area (Å²) in [5.41, 5.74) is 0. The van der Waals surface area contributed by atoms with Crippen LogP contribution in [0.1, 0.15) is 32.1 Å². The number of Topliss-reactive ketones (excluding diaryl/α,β-unsaturated/α-hetero) is 1. The van der Waals surface area contributed by atoms with Crippen LogP contribution < -0.4 is 0 Å². The third-order valence-electron chi connectivity index (χ3n) is 4.00. The van der Waals surface area contributed by atoms with Crippen LogP contribution in [0.2, 0.25) is 0 Å². The Morgan fingerprint density at radius 2 is 1.82 bits per heavy atom. The Morgan fingerprint density at radius 1 is 1.00 bits per heavy atom. The molecule has 0 unspecified atom stereocenters. The Balaban J connectivity index is 2.00. The molecule has 0 spiro atoms. The van der Waals surface area contributed by atoms with E-state index in [1.54, 1.807) is 0 Å². The van der Waals surface area contributed by atoms with Crippen molar-refractivity contribution in [3.05, 3.63) is 0 Å². The van der Waals surface area contributed by atoms with Gasteiger partial charge in [-0.2, -0.15) is 0 Å². The molecule has 11 heavy (non-hydrogen) atoms. The maximum absolute atomic E-state index is 11.5. The first-order valence-corrected chi connectivity index (χ1v) is 4.85. The maximum atomic E-state index is 11.5. The van der Waals surface area contributed by atoms with E-state index in [4.69, 9.17) is 0 Å². The molecule has 0 aromatic carbocycles. The number of ketones is 1. The zero-order chi connectivity index (χ0) is 7.42. The summed E-state index contributed by atoms with van der Waals surface area (Å²) in [4.78, 5) is 11.5. The zero-order valence-electron chi connectivity index (χ0n) is 6.75. The molecule has 0 heterocycles. The van der Waals surface area contributed by atoms with Crippen molar-refractivity contribution in [1.29, 1.82) is 0 Å². The summed E-state index contributed by atoms with van der Waals surface area (Å²) in [7, 11) is 0. The van der Waals surface area contributed by atoms with Gasteiger partial charge in [0, 0.05) is 12.3 Å². The van der Waals surface area contributed by atoms with E-state index < -0.39 is 0 Å². The van der Waals surface area contributed by atoms with Gasteiger partial charge in [-0.25, -0.2) is 0 Å². The van der Waals surface area contributed by atoms with Crippen molar-refractivity contribution in [2.24, 2.45) is 23.7 Å². The van der Waals surface area contributed by atoms with Gasteiger partial charge in [-0.15, -0.1) is 0 Å². The molecule has 0 radical (unpaired) electrons. The fourth-order valence-corrected chi connectivity index (χ4v) is 3.69. The van der Waals surface area contributed by atoms with Crippen LogP contribution in [0.15, 0.2) is 0 Å². The molecule has 4 atom stereocenters. The Hall–Kier alpha value is -0.330. The molecule has 3 aliphatic carbocycles. The molecule has 0 N–H and O–H groups in total. The van der Waals surface area contributed by atoms with E-state index in [1.807, 2.05) is 0 Å². The highest BCUT2D eigenvalue weighted by Gasteiger charge is 2.48. The Bertz CT molecular complexity index is 207. The van der Waals surface area contributed by atoms with E-state index in [9.17, 15) is 4.79 Å². The van der Waals surface area contributed by atoms with Crippen LogP contribution in [0.4, 0.5) is 0 Å². The lowest BCUT2D eigenvalue weighted by Crippen LogP contribution is -2.30. The fraction of sp³-hybridized carbons (Fsp3) is 0.900. The Labute approximate surface area is 67.2 Å². The molecule has 1 heteroatoms. The van der Waals surface area contributed by atoms with Crippen molar-refractivity contribution in [3.63, 3.8) is 0 Å². The third-order valence-corrected chi connectivity index (χ3v) is 4.00. The molecule has 60 valence electrons. The van der Waals surface area contributed by atoms with Gasteiger partial charge in [0.1, 0.15) is 5.78 Å². The molecule has 3 rings (SSSR count). The minimum atomic E-state index is 0.513. The highest BCUT2D eigenvalue weighted by Crippen LogP contribution is 2.53. The molecule has 3 fully saturated rings. The lowest BCUT2D eigenvalue weighted by molar-refractivity contribution is -0.127. The minimum Gasteiger partial charge on any atom is -0.299 e. The molecule has 0 aliphatic heterocycles. The summed E-state index contributed by atoms with van der Waals surface area (Å²) in [6, 6.07) is 0. The van der Waals surface area contributed by atoms with Crippen LogP contribution in [0.3, 0.4) is 0 Å². The fourth-order valence-electron chi connectivity index (χ4n) is 3.69. The molecular formula is C10H14O. The second kappa shape index (κ2) is 1.88. The highest BCUT2D eigenvalue weighted by molar-refractivity contribution is 5.83. The summed E-state index contributed by atoms with van der Waals surface area (Å²) >= 11 is 0. The highest BCUT2D eigenvalue weighted by atomic mass is 16.1. The van der Waals surface area contributed by atoms with E-state index in [-0.39, 0.29) is 0 Å². The van der Waals surface area contributed by atoms with E-state index >= 15 is 0 Å². The average molecular weight is 150 g/mol. The van der Waals surface area contributed by atoms with Gasteiger partial charge in [0.2, 0.25) is 0 Å². The van der Waals surface area contributed by atoms with Crippen LogP contribution in [-0.2, 0) is 4.79 Å². The minimum absolute atomic E-state index is 0.513. The average Bonchev–Trinajstić information content (AvgIpc) is 2.19. The van der Waals surface area contributed by atoms with Crippen LogP contribution >= 0.6 is 0 Å². The second-order valence-electron chi connectivity index (χ2n) is 4.71. The molecule has 0 saturated heterocycles. The van der Waals surface area contributed by atoms with E-state index in [0.717, 1.165) is 24.2 Å². The summed E-state index contributed by atoms with van der Waals surface area (Å²) < 4.78 is 0. The van der Waals surface area contributed by atoms with Gasteiger partial charge in [-0.05, 0) is 43.4 Å². The molecule has 1 nitrogen and oxygen atoms in total. The van der Waals surface area contributed by atoms with Crippen LogP contribution in [0.25, 0.3) is 0 Å². The molecular weight excluding hydrogens is 136 g/mol. The van der Waals surface area contributed by atoms with Gasteiger partial charge < -0.3 is 0 Å².